The standard InChI is InChI=1S/C43H72/c1-23-27(30-28(37(2,3)4)25-24-26-29(30)38(5,6)7)31-32(39(8,9)10)34(41(14,15)16)36(43(20,21)22)35(42(17,18)19)33(31)40(11,12)13/h24-27H,23H2,1-22H3. The predicted octanol–water partition coefficient (Wildman–Crippen LogP) is 13.3. The van der Waals surface area contributed by atoms with Crippen LogP contribution in [-0.2, 0) is 37.9 Å². The molecule has 0 bridgehead atoms. The molecule has 0 heterocycles. The topological polar surface area (TPSA) is 0 Å². The van der Waals surface area contributed by atoms with Crippen molar-refractivity contribution in [1.82, 2.24) is 0 Å². The second kappa shape index (κ2) is 11.4. The van der Waals surface area contributed by atoms with Crippen LogP contribution in [0.25, 0.3) is 0 Å². The van der Waals surface area contributed by atoms with Crippen molar-refractivity contribution >= 4 is 0 Å². The fourth-order valence-electron chi connectivity index (χ4n) is 7.73. The first-order valence-corrected chi connectivity index (χ1v) is 17.2. The number of hydrogen-bond acceptors (Lipinski definition) is 0. The maximum Gasteiger partial charge on any atom is 0.00986 e. The molecule has 0 saturated carbocycles. The van der Waals surface area contributed by atoms with Gasteiger partial charge in [0, 0.05) is 5.92 Å². The Hall–Kier alpha value is -1.56. The zero-order chi connectivity index (χ0) is 34.1. The second-order valence-electron chi connectivity index (χ2n) is 20.8. The lowest BCUT2D eigenvalue weighted by Gasteiger charge is -2.48. The van der Waals surface area contributed by atoms with E-state index in [9.17, 15) is 0 Å². The fourth-order valence-corrected chi connectivity index (χ4v) is 7.73. The van der Waals surface area contributed by atoms with E-state index < -0.39 is 0 Å². The Balaban J connectivity index is 3.69. The first-order chi connectivity index (χ1) is 18.8. The van der Waals surface area contributed by atoms with E-state index in [0.717, 1.165) is 6.42 Å². The average Bonchev–Trinajstić information content (AvgIpc) is 2.73. The van der Waals surface area contributed by atoms with Crippen molar-refractivity contribution in [2.45, 2.75) is 203 Å². The van der Waals surface area contributed by atoms with Gasteiger partial charge in [-0.1, -0.05) is 171 Å². The van der Waals surface area contributed by atoms with Gasteiger partial charge in [-0.3, -0.25) is 0 Å². The molecule has 0 heteroatoms. The van der Waals surface area contributed by atoms with Crippen LogP contribution in [0.5, 0.6) is 0 Å². The Morgan fingerprint density at radius 3 is 0.837 bits per heavy atom. The highest BCUT2D eigenvalue weighted by Gasteiger charge is 2.45. The molecule has 43 heavy (non-hydrogen) atoms. The molecule has 2 aromatic carbocycles. The lowest BCUT2D eigenvalue weighted by Crippen LogP contribution is -2.38. The summed E-state index contributed by atoms with van der Waals surface area (Å²) < 4.78 is 0. The molecule has 0 amide bonds. The average molecular weight is 589 g/mol. The molecular formula is C43H72. The van der Waals surface area contributed by atoms with Gasteiger partial charge in [-0.2, -0.15) is 0 Å². The summed E-state index contributed by atoms with van der Waals surface area (Å²) in [6.45, 7) is 53.9. The summed E-state index contributed by atoms with van der Waals surface area (Å²) in [5, 5.41) is 0. The van der Waals surface area contributed by atoms with Crippen LogP contribution in [0.4, 0.5) is 0 Å². The van der Waals surface area contributed by atoms with Gasteiger partial charge in [0.15, 0.2) is 0 Å². The Morgan fingerprint density at radius 1 is 0.372 bits per heavy atom. The van der Waals surface area contributed by atoms with Gasteiger partial charge in [0.25, 0.3) is 0 Å². The molecule has 0 N–H and O–H groups in total. The SMILES string of the molecule is CCC(c1c(C(C)(C)C)cccc1C(C)(C)C)c1c(C(C)(C)C)c(C(C)(C)C)c(C(C)(C)C)c(C(C)(C)C)c1C(C)(C)C. The van der Waals surface area contributed by atoms with Gasteiger partial charge in [0.05, 0.1) is 0 Å². The normalized spacial score (nSPS) is 15.2. The van der Waals surface area contributed by atoms with Gasteiger partial charge in [-0.15, -0.1) is 0 Å². The molecule has 2 aromatic rings. The summed E-state index contributed by atoms with van der Waals surface area (Å²) in [5.74, 6) is 0.296. The minimum absolute atomic E-state index is 0.00531. The monoisotopic (exact) mass is 589 g/mol. The third-order valence-corrected chi connectivity index (χ3v) is 9.12. The van der Waals surface area contributed by atoms with Gasteiger partial charge >= 0.3 is 0 Å². The summed E-state index contributed by atoms with van der Waals surface area (Å²) in [4.78, 5) is 0. The number of rotatable bonds is 3. The second-order valence-corrected chi connectivity index (χ2v) is 20.8. The largest absolute Gasteiger partial charge is 0.0645 e. The molecule has 0 nitrogen and oxygen atoms in total. The zero-order valence-corrected chi connectivity index (χ0v) is 33.0. The van der Waals surface area contributed by atoms with E-state index in [2.05, 4.69) is 171 Å². The van der Waals surface area contributed by atoms with Crippen LogP contribution >= 0.6 is 0 Å². The minimum Gasteiger partial charge on any atom is -0.0645 e. The molecule has 0 aliphatic rings. The van der Waals surface area contributed by atoms with E-state index in [4.69, 9.17) is 0 Å². The molecule has 0 saturated heterocycles. The Labute approximate surface area is 270 Å². The quantitative estimate of drug-likeness (QED) is 0.334. The third kappa shape index (κ3) is 7.64. The maximum absolute atomic E-state index is 2.48. The summed E-state index contributed by atoms with van der Waals surface area (Å²) >= 11 is 0. The molecule has 0 aromatic heterocycles. The van der Waals surface area contributed by atoms with E-state index in [1.54, 1.807) is 38.9 Å². The first kappa shape index (κ1) is 37.6. The molecule has 1 unspecified atom stereocenters. The van der Waals surface area contributed by atoms with Crippen LogP contribution in [0.3, 0.4) is 0 Å². The molecule has 2 rings (SSSR count). The van der Waals surface area contributed by atoms with Crippen LogP contribution in [0.15, 0.2) is 18.2 Å². The highest BCUT2D eigenvalue weighted by molar-refractivity contribution is 5.65. The number of benzene rings is 2. The van der Waals surface area contributed by atoms with Crippen LogP contribution in [-0.4, -0.2) is 0 Å². The first-order valence-electron chi connectivity index (χ1n) is 17.2. The van der Waals surface area contributed by atoms with Crippen molar-refractivity contribution in [3.05, 3.63) is 68.3 Å². The van der Waals surface area contributed by atoms with Gasteiger partial charge in [0.2, 0.25) is 0 Å². The predicted molar refractivity (Wildman–Crippen MR) is 196 cm³/mol. The molecule has 0 aliphatic carbocycles. The van der Waals surface area contributed by atoms with Gasteiger partial charge < -0.3 is 0 Å². The molecule has 0 aliphatic heterocycles. The molecule has 0 radical (unpaired) electrons. The summed E-state index contributed by atoms with van der Waals surface area (Å²) in [6.07, 6.45) is 1.07. The van der Waals surface area contributed by atoms with E-state index >= 15 is 0 Å². The molecule has 0 spiro atoms. The Morgan fingerprint density at radius 2 is 0.628 bits per heavy atom. The lowest BCUT2D eigenvalue weighted by atomic mass is 9.56. The summed E-state index contributed by atoms with van der Waals surface area (Å²) in [7, 11) is 0. The molecule has 0 fully saturated rings. The van der Waals surface area contributed by atoms with E-state index in [1.807, 2.05) is 0 Å². The highest BCUT2D eigenvalue weighted by Crippen LogP contribution is 2.55. The van der Waals surface area contributed by atoms with Crippen molar-refractivity contribution in [3.8, 4) is 0 Å². The van der Waals surface area contributed by atoms with Crippen LogP contribution in [0, 0.1) is 0 Å². The van der Waals surface area contributed by atoms with Crippen molar-refractivity contribution in [2.24, 2.45) is 0 Å². The zero-order valence-electron chi connectivity index (χ0n) is 33.0. The van der Waals surface area contributed by atoms with Gasteiger partial charge in [-0.25, -0.2) is 0 Å². The summed E-state index contributed by atoms with van der Waals surface area (Å²) in [5.41, 5.74) is 14.2. The van der Waals surface area contributed by atoms with Crippen LogP contribution in [0.1, 0.15) is 215 Å². The van der Waals surface area contributed by atoms with E-state index in [1.165, 1.54) is 11.1 Å². The molecule has 244 valence electrons. The van der Waals surface area contributed by atoms with Crippen LogP contribution < -0.4 is 0 Å². The van der Waals surface area contributed by atoms with Crippen molar-refractivity contribution in [2.75, 3.05) is 0 Å². The van der Waals surface area contributed by atoms with E-state index in [-0.39, 0.29) is 37.9 Å². The van der Waals surface area contributed by atoms with Gasteiger partial charge in [-0.05, 0) is 94.4 Å². The molecule has 1 atom stereocenters. The van der Waals surface area contributed by atoms with E-state index in [0.29, 0.717) is 5.92 Å². The van der Waals surface area contributed by atoms with Crippen molar-refractivity contribution in [1.29, 1.82) is 0 Å². The van der Waals surface area contributed by atoms with Crippen molar-refractivity contribution in [3.63, 3.8) is 0 Å². The highest BCUT2D eigenvalue weighted by atomic mass is 14.5. The van der Waals surface area contributed by atoms with Gasteiger partial charge in [0.1, 0.15) is 0 Å². The lowest BCUT2D eigenvalue weighted by molar-refractivity contribution is 0.448. The third-order valence-electron chi connectivity index (χ3n) is 9.12. The summed E-state index contributed by atoms with van der Waals surface area (Å²) in [6, 6.07) is 7.18. The number of hydrogen-bond donors (Lipinski definition) is 0. The van der Waals surface area contributed by atoms with Crippen molar-refractivity contribution < 1.29 is 0 Å². The molecular weight excluding hydrogens is 516 g/mol. The minimum atomic E-state index is -0.0274. The van der Waals surface area contributed by atoms with Crippen LogP contribution in [0.2, 0.25) is 0 Å². The Bertz CT molecular complexity index is 1210. The fraction of sp³-hybridized carbons (Fsp3) is 0.721. The smallest absolute Gasteiger partial charge is 0.00986 e. The Kier molecular flexibility index (Phi) is 9.93. The maximum atomic E-state index is 2.48.